The van der Waals surface area contributed by atoms with Crippen molar-refractivity contribution in [1.29, 1.82) is 0 Å². The third kappa shape index (κ3) is 3.30. The summed E-state index contributed by atoms with van der Waals surface area (Å²) >= 11 is 0. The van der Waals surface area contributed by atoms with Crippen LogP contribution in [0.4, 0.5) is 0 Å². The summed E-state index contributed by atoms with van der Waals surface area (Å²) < 4.78 is 1.93. The lowest BCUT2D eigenvalue weighted by Gasteiger charge is -2.18. The van der Waals surface area contributed by atoms with Crippen molar-refractivity contribution in [3.05, 3.63) is 64.5 Å². The highest BCUT2D eigenvalue weighted by atomic mass is 16.1. The van der Waals surface area contributed by atoms with Gasteiger partial charge in [0.2, 0.25) is 0 Å². The Labute approximate surface area is 143 Å². The summed E-state index contributed by atoms with van der Waals surface area (Å²) in [6.45, 7) is 13.4. The van der Waals surface area contributed by atoms with Gasteiger partial charge in [0.1, 0.15) is 0 Å². The van der Waals surface area contributed by atoms with Crippen LogP contribution >= 0.6 is 0 Å². The number of nitrogens with zero attached hydrogens (tertiary/aromatic N) is 1. The summed E-state index contributed by atoms with van der Waals surface area (Å²) in [4.78, 5) is 13.2. The quantitative estimate of drug-likeness (QED) is 0.773. The fourth-order valence-electron chi connectivity index (χ4n) is 3.21. The molecule has 1 saturated carbocycles. The van der Waals surface area contributed by atoms with Gasteiger partial charge in [0.05, 0.1) is 11.1 Å². The van der Waals surface area contributed by atoms with Crippen LogP contribution in [0.5, 0.6) is 0 Å². The van der Waals surface area contributed by atoms with Crippen molar-refractivity contribution in [3.63, 3.8) is 0 Å². The first-order valence-electron chi connectivity index (χ1n) is 8.68. The number of rotatable bonds is 7. The molecule has 3 heteroatoms. The minimum Gasteiger partial charge on any atom is -0.381 e. The van der Waals surface area contributed by atoms with Crippen molar-refractivity contribution in [1.82, 2.24) is 9.88 Å². The van der Waals surface area contributed by atoms with Gasteiger partial charge in [0, 0.05) is 24.2 Å². The average Bonchev–Trinajstić information content (AvgIpc) is 3.37. The summed E-state index contributed by atoms with van der Waals surface area (Å²) in [6.07, 6.45) is 3.69. The summed E-state index contributed by atoms with van der Waals surface area (Å²) in [6, 6.07) is 8.17. The van der Waals surface area contributed by atoms with Crippen LogP contribution in [0, 0.1) is 12.8 Å². The van der Waals surface area contributed by atoms with Gasteiger partial charge < -0.3 is 9.88 Å². The van der Waals surface area contributed by atoms with Crippen molar-refractivity contribution in [3.8, 4) is 0 Å². The smallest absolute Gasteiger partial charge is 0.260 e. The fourth-order valence-corrected chi connectivity index (χ4v) is 3.21. The molecule has 0 saturated heterocycles. The molecule has 0 radical (unpaired) electrons. The van der Waals surface area contributed by atoms with Gasteiger partial charge in [-0.05, 0) is 37.8 Å². The molecule has 1 aromatic heterocycles. The standard InChI is InChI=1S/C21H26N2O/c1-14(2)13-22-16(4)20-15(3)18-7-5-6-8-19(18)23(21(20)24)12-11-17-9-10-17/h5-8,17,22H,1,4,9-13H2,2-3H3. The molecule has 1 fully saturated rings. The largest absolute Gasteiger partial charge is 0.381 e. The van der Waals surface area contributed by atoms with E-state index in [1.54, 1.807) is 0 Å². The Morgan fingerprint density at radius 3 is 2.67 bits per heavy atom. The zero-order valence-corrected chi connectivity index (χ0v) is 14.7. The molecule has 1 aliphatic carbocycles. The van der Waals surface area contributed by atoms with Gasteiger partial charge in [-0.15, -0.1) is 0 Å². The highest BCUT2D eigenvalue weighted by Crippen LogP contribution is 2.33. The molecule has 24 heavy (non-hydrogen) atoms. The van der Waals surface area contributed by atoms with E-state index in [1.165, 1.54) is 12.8 Å². The summed E-state index contributed by atoms with van der Waals surface area (Å²) in [7, 11) is 0. The Hall–Kier alpha value is -2.29. The average molecular weight is 322 g/mol. The minimum absolute atomic E-state index is 0.0612. The van der Waals surface area contributed by atoms with E-state index >= 15 is 0 Å². The number of pyridine rings is 1. The van der Waals surface area contributed by atoms with Crippen LogP contribution < -0.4 is 10.9 Å². The van der Waals surface area contributed by atoms with Crippen molar-refractivity contribution >= 4 is 16.6 Å². The Morgan fingerprint density at radius 1 is 1.29 bits per heavy atom. The van der Waals surface area contributed by atoms with Gasteiger partial charge in [0.15, 0.2) is 0 Å². The Kier molecular flexibility index (Phi) is 4.61. The maximum Gasteiger partial charge on any atom is 0.260 e. The molecule has 3 nitrogen and oxygen atoms in total. The summed E-state index contributed by atoms with van der Waals surface area (Å²) in [5.74, 6) is 0.796. The van der Waals surface area contributed by atoms with E-state index in [0.717, 1.165) is 40.9 Å². The van der Waals surface area contributed by atoms with E-state index in [1.807, 2.05) is 36.6 Å². The van der Waals surface area contributed by atoms with E-state index in [-0.39, 0.29) is 5.56 Å². The van der Waals surface area contributed by atoms with Gasteiger partial charge >= 0.3 is 0 Å². The topological polar surface area (TPSA) is 34.0 Å². The number of aryl methyl sites for hydroxylation is 2. The molecule has 1 aromatic carbocycles. The van der Waals surface area contributed by atoms with Crippen LogP contribution in [-0.4, -0.2) is 11.1 Å². The first-order valence-corrected chi connectivity index (χ1v) is 8.68. The van der Waals surface area contributed by atoms with Gasteiger partial charge in [-0.1, -0.05) is 49.8 Å². The van der Waals surface area contributed by atoms with E-state index in [4.69, 9.17) is 0 Å². The molecule has 1 N–H and O–H groups in total. The van der Waals surface area contributed by atoms with Crippen molar-refractivity contribution in [2.45, 2.75) is 39.7 Å². The number of fused-ring (bicyclic) bond motifs is 1. The maximum atomic E-state index is 13.2. The van der Waals surface area contributed by atoms with E-state index < -0.39 is 0 Å². The number of hydrogen-bond acceptors (Lipinski definition) is 2. The predicted octanol–water partition coefficient (Wildman–Crippen LogP) is 4.25. The number of hydrogen-bond donors (Lipinski definition) is 1. The predicted molar refractivity (Wildman–Crippen MR) is 102 cm³/mol. The van der Waals surface area contributed by atoms with Gasteiger partial charge in [0.25, 0.3) is 5.56 Å². The van der Waals surface area contributed by atoms with Gasteiger partial charge in [-0.25, -0.2) is 0 Å². The molecule has 126 valence electrons. The van der Waals surface area contributed by atoms with Crippen LogP contribution in [0.25, 0.3) is 16.6 Å². The lowest BCUT2D eigenvalue weighted by Crippen LogP contribution is -2.28. The van der Waals surface area contributed by atoms with Gasteiger partial charge in [-0.2, -0.15) is 0 Å². The maximum absolute atomic E-state index is 13.2. The molecule has 0 unspecified atom stereocenters. The minimum atomic E-state index is 0.0612. The number of nitrogens with one attached hydrogen (secondary N) is 1. The van der Waals surface area contributed by atoms with Crippen molar-refractivity contribution < 1.29 is 0 Å². The lowest BCUT2D eigenvalue weighted by molar-refractivity contribution is 0.595. The Bertz CT molecular complexity index is 856. The first-order chi connectivity index (χ1) is 11.5. The fraction of sp³-hybridized carbons (Fsp3) is 0.381. The van der Waals surface area contributed by atoms with Crippen LogP contribution in [-0.2, 0) is 6.54 Å². The Morgan fingerprint density at radius 2 is 2.00 bits per heavy atom. The van der Waals surface area contributed by atoms with Crippen LogP contribution in [0.1, 0.15) is 37.3 Å². The second kappa shape index (κ2) is 6.68. The highest BCUT2D eigenvalue weighted by Gasteiger charge is 2.22. The van der Waals surface area contributed by atoms with Crippen molar-refractivity contribution in [2.24, 2.45) is 5.92 Å². The SMILES string of the molecule is C=C(C)CNC(=C)c1c(C)c2ccccc2n(CCC2CC2)c1=O. The van der Waals surface area contributed by atoms with Crippen molar-refractivity contribution in [2.75, 3.05) is 6.54 Å². The second-order valence-corrected chi connectivity index (χ2v) is 7.00. The molecular weight excluding hydrogens is 296 g/mol. The van der Waals surface area contributed by atoms with E-state index in [9.17, 15) is 4.79 Å². The molecule has 2 aromatic rings. The highest BCUT2D eigenvalue weighted by molar-refractivity contribution is 5.87. The van der Waals surface area contributed by atoms with Crippen LogP contribution in [0.15, 0.2) is 47.8 Å². The first kappa shape index (κ1) is 16.6. The molecule has 0 bridgehead atoms. The molecular formula is C21H26N2O. The number of aromatic nitrogens is 1. The van der Waals surface area contributed by atoms with Gasteiger partial charge in [-0.3, -0.25) is 4.79 Å². The van der Waals surface area contributed by atoms with Crippen LogP contribution in [0.2, 0.25) is 0 Å². The molecule has 1 heterocycles. The summed E-state index contributed by atoms with van der Waals surface area (Å²) in [5.41, 5.74) is 4.49. The lowest BCUT2D eigenvalue weighted by atomic mass is 10.0. The molecule has 0 amide bonds. The monoisotopic (exact) mass is 322 g/mol. The molecule has 0 atom stereocenters. The normalized spacial score (nSPS) is 13.9. The van der Waals surface area contributed by atoms with E-state index in [2.05, 4.69) is 24.5 Å². The molecule has 1 aliphatic rings. The molecule has 0 spiro atoms. The summed E-state index contributed by atoms with van der Waals surface area (Å²) in [5, 5.41) is 4.37. The number of benzene rings is 1. The zero-order valence-electron chi connectivity index (χ0n) is 14.7. The third-order valence-corrected chi connectivity index (χ3v) is 4.80. The van der Waals surface area contributed by atoms with E-state index in [0.29, 0.717) is 17.8 Å². The Balaban J connectivity index is 2.08. The molecule has 0 aliphatic heterocycles. The van der Waals surface area contributed by atoms with Crippen LogP contribution in [0.3, 0.4) is 0 Å². The third-order valence-electron chi connectivity index (χ3n) is 4.80. The zero-order chi connectivity index (χ0) is 17.3. The number of para-hydroxylation sites is 1. The second-order valence-electron chi connectivity index (χ2n) is 7.00. The molecule has 3 rings (SSSR count).